The van der Waals surface area contributed by atoms with Gasteiger partial charge in [0.1, 0.15) is 23.3 Å². The van der Waals surface area contributed by atoms with Gasteiger partial charge in [0.15, 0.2) is 0 Å². The standard InChI is InChI=1S/C12H14F2O2.C11H12F2O2/c1-3-16-12(15)8(2)6-9-4-5-10(13)7-11(9)14;1-2-15-11(14)6-4-8-3-5-9(12)7-10(8)13/h4-5,7-8H,3,6H2,1-2H3;3,5,7H,2,4,6H2,1H3. The minimum absolute atomic E-state index is 0.108. The summed E-state index contributed by atoms with van der Waals surface area (Å²) in [6, 6.07) is 6.65. The first-order valence-corrected chi connectivity index (χ1v) is 9.87. The fraction of sp³-hybridized carbons (Fsp3) is 0.391. The van der Waals surface area contributed by atoms with Crippen LogP contribution in [0.25, 0.3) is 0 Å². The summed E-state index contributed by atoms with van der Waals surface area (Å²) in [6.45, 7) is 5.68. The molecule has 0 N–H and O–H groups in total. The molecule has 0 saturated carbocycles. The SMILES string of the molecule is CCOC(=O)C(C)Cc1ccc(F)cc1F.CCOC(=O)CCc1ccc(F)cc1F. The number of rotatable bonds is 8. The number of aryl methyl sites for hydroxylation is 1. The minimum atomic E-state index is -0.629. The normalized spacial score (nSPS) is 11.2. The molecular weight excluding hydrogens is 416 g/mol. The zero-order valence-electron chi connectivity index (χ0n) is 17.7. The lowest BCUT2D eigenvalue weighted by Crippen LogP contribution is -2.17. The second-order valence-electron chi connectivity index (χ2n) is 6.63. The van der Waals surface area contributed by atoms with Gasteiger partial charge in [-0.25, -0.2) is 17.6 Å². The van der Waals surface area contributed by atoms with E-state index >= 15 is 0 Å². The zero-order chi connectivity index (χ0) is 23.4. The van der Waals surface area contributed by atoms with E-state index in [1.54, 1.807) is 20.8 Å². The van der Waals surface area contributed by atoms with E-state index in [1.807, 2.05) is 0 Å². The van der Waals surface area contributed by atoms with Crippen molar-refractivity contribution < 1.29 is 36.6 Å². The third-order valence-corrected chi connectivity index (χ3v) is 4.15. The molecule has 4 nitrogen and oxygen atoms in total. The first-order valence-electron chi connectivity index (χ1n) is 9.87. The van der Waals surface area contributed by atoms with Gasteiger partial charge in [-0.2, -0.15) is 0 Å². The predicted octanol–water partition coefficient (Wildman–Crippen LogP) is 5.17. The number of ether oxygens (including phenoxy) is 2. The van der Waals surface area contributed by atoms with Crippen LogP contribution >= 0.6 is 0 Å². The number of esters is 2. The van der Waals surface area contributed by atoms with Gasteiger partial charge in [0.05, 0.1) is 19.1 Å². The number of benzene rings is 2. The van der Waals surface area contributed by atoms with Gasteiger partial charge in [0.25, 0.3) is 0 Å². The maximum absolute atomic E-state index is 13.3. The highest BCUT2D eigenvalue weighted by molar-refractivity contribution is 5.72. The van der Waals surface area contributed by atoms with Crippen LogP contribution in [0, 0.1) is 29.2 Å². The second kappa shape index (κ2) is 13.4. The van der Waals surface area contributed by atoms with E-state index < -0.39 is 29.2 Å². The van der Waals surface area contributed by atoms with Crippen LogP contribution in [-0.2, 0) is 31.9 Å². The summed E-state index contributed by atoms with van der Waals surface area (Å²) >= 11 is 0. The molecule has 0 spiro atoms. The van der Waals surface area contributed by atoms with Crippen LogP contribution in [0.5, 0.6) is 0 Å². The molecular formula is C23H26F4O4. The monoisotopic (exact) mass is 442 g/mol. The summed E-state index contributed by atoms with van der Waals surface area (Å²) in [7, 11) is 0. The predicted molar refractivity (Wildman–Crippen MR) is 107 cm³/mol. The number of hydrogen-bond donors (Lipinski definition) is 0. The Morgan fingerprint density at radius 2 is 1.35 bits per heavy atom. The van der Waals surface area contributed by atoms with Gasteiger partial charge in [0.2, 0.25) is 0 Å². The summed E-state index contributed by atoms with van der Waals surface area (Å²) in [4.78, 5) is 22.3. The third-order valence-electron chi connectivity index (χ3n) is 4.15. The molecule has 2 rings (SSSR count). The topological polar surface area (TPSA) is 52.6 Å². The van der Waals surface area contributed by atoms with Crippen LogP contribution in [0.3, 0.4) is 0 Å². The zero-order valence-corrected chi connectivity index (χ0v) is 17.7. The van der Waals surface area contributed by atoms with E-state index in [4.69, 9.17) is 9.47 Å². The van der Waals surface area contributed by atoms with Crippen molar-refractivity contribution in [3.05, 3.63) is 70.8 Å². The minimum Gasteiger partial charge on any atom is -0.466 e. The van der Waals surface area contributed by atoms with E-state index in [9.17, 15) is 27.2 Å². The van der Waals surface area contributed by atoms with Crippen LogP contribution in [0.1, 0.15) is 38.3 Å². The van der Waals surface area contributed by atoms with E-state index in [0.717, 1.165) is 12.1 Å². The van der Waals surface area contributed by atoms with Crippen LogP contribution in [-0.4, -0.2) is 25.2 Å². The number of carbonyl (C=O) groups is 2. The molecule has 0 aliphatic heterocycles. The van der Waals surface area contributed by atoms with E-state index in [0.29, 0.717) is 24.3 Å². The molecule has 1 atom stereocenters. The van der Waals surface area contributed by atoms with Crippen molar-refractivity contribution in [2.24, 2.45) is 5.92 Å². The van der Waals surface area contributed by atoms with Crippen molar-refractivity contribution in [2.75, 3.05) is 13.2 Å². The lowest BCUT2D eigenvalue weighted by Gasteiger charge is -2.10. The molecule has 0 aliphatic carbocycles. The smallest absolute Gasteiger partial charge is 0.308 e. The maximum Gasteiger partial charge on any atom is 0.308 e. The van der Waals surface area contributed by atoms with Crippen molar-refractivity contribution >= 4 is 11.9 Å². The Balaban J connectivity index is 0.000000311. The van der Waals surface area contributed by atoms with Gasteiger partial charge in [-0.3, -0.25) is 9.59 Å². The lowest BCUT2D eigenvalue weighted by molar-refractivity contribution is -0.147. The molecule has 2 aromatic rings. The Bertz CT molecular complexity index is 871. The Hall–Kier alpha value is -2.90. The molecule has 0 fully saturated rings. The molecule has 31 heavy (non-hydrogen) atoms. The van der Waals surface area contributed by atoms with Gasteiger partial charge < -0.3 is 9.47 Å². The second-order valence-corrected chi connectivity index (χ2v) is 6.63. The Morgan fingerprint density at radius 3 is 1.84 bits per heavy atom. The van der Waals surface area contributed by atoms with E-state index in [1.165, 1.54) is 24.3 Å². The summed E-state index contributed by atoms with van der Waals surface area (Å²) < 4.78 is 61.0. The van der Waals surface area contributed by atoms with Crippen LogP contribution in [0.2, 0.25) is 0 Å². The maximum atomic E-state index is 13.3. The molecule has 0 heterocycles. The average Bonchev–Trinajstić information content (AvgIpc) is 2.70. The molecule has 0 radical (unpaired) electrons. The van der Waals surface area contributed by atoms with Crippen molar-refractivity contribution in [1.29, 1.82) is 0 Å². The summed E-state index contributed by atoms with van der Waals surface area (Å²) in [6.07, 6.45) is 0.548. The van der Waals surface area contributed by atoms with E-state index in [2.05, 4.69) is 0 Å². The Kier molecular flexibility index (Phi) is 11.3. The average molecular weight is 442 g/mol. The first kappa shape index (κ1) is 26.1. The van der Waals surface area contributed by atoms with Gasteiger partial charge in [-0.15, -0.1) is 0 Å². The van der Waals surface area contributed by atoms with Crippen molar-refractivity contribution in [1.82, 2.24) is 0 Å². The number of carbonyl (C=O) groups excluding carboxylic acids is 2. The molecule has 8 heteroatoms. The third kappa shape index (κ3) is 9.63. The molecule has 170 valence electrons. The fourth-order valence-corrected chi connectivity index (χ4v) is 2.58. The van der Waals surface area contributed by atoms with Crippen molar-refractivity contribution in [3.8, 4) is 0 Å². The molecule has 0 bridgehead atoms. The van der Waals surface area contributed by atoms with Gasteiger partial charge in [-0.1, -0.05) is 19.1 Å². The van der Waals surface area contributed by atoms with Crippen LogP contribution < -0.4 is 0 Å². The molecule has 0 aromatic heterocycles. The molecule has 2 aromatic carbocycles. The lowest BCUT2D eigenvalue weighted by atomic mass is 10.0. The summed E-state index contributed by atoms with van der Waals surface area (Å²) in [5.74, 6) is -3.67. The van der Waals surface area contributed by atoms with Gasteiger partial charge in [-0.05, 0) is 49.9 Å². The molecule has 0 saturated heterocycles. The molecule has 0 amide bonds. The Morgan fingerprint density at radius 1 is 0.839 bits per heavy atom. The van der Waals surface area contributed by atoms with Crippen molar-refractivity contribution in [3.63, 3.8) is 0 Å². The van der Waals surface area contributed by atoms with Crippen molar-refractivity contribution in [2.45, 2.75) is 40.0 Å². The number of hydrogen-bond acceptors (Lipinski definition) is 4. The highest BCUT2D eigenvalue weighted by Gasteiger charge is 2.16. The summed E-state index contributed by atoms with van der Waals surface area (Å²) in [5.41, 5.74) is 0.645. The van der Waals surface area contributed by atoms with Crippen LogP contribution in [0.4, 0.5) is 17.6 Å². The van der Waals surface area contributed by atoms with E-state index in [-0.39, 0.29) is 31.2 Å². The van der Waals surface area contributed by atoms with Gasteiger partial charge in [0, 0.05) is 18.6 Å². The summed E-state index contributed by atoms with van der Waals surface area (Å²) in [5, 5.41) is 0. The Labute approximate surface area is 179 Å². The van der Waals surface area contributed by atoms with Gasteiger partial charge >= 0.3 is 11.9 Å². The van der Waals surface area contributed by atoms with Crippen LogP contribution in [0.15, 0.2) is 36.4 Å². The molecule has 0 aliphatic rings. The highest BCUT2D eigenvalue weighted by Crippen LogP contribution is 2.15. The first-order chi connectivity index (χ1) is 14.7. The number of halogens is 4. The molecule has 1 unspecified atom stereocenters. The quantitative estimate of drug-likeness (QED) is 0.418. The fourth-order valence-electron chi connectivity index (χ4n) is 2.58. The largest absolute Gasteiger partial charge is 0.466 e. The highest BCUT2D eigenvalue weighted by atomic mass is 19.1.